The van der Waals surface area contributed by atoms with Gasteiger partial charge in [0.1, 0.15) is 5.82 Å². The van der Waals surface area contributed by atoms with Crippen LogP contribution in [0.5, 0.6) is 0 Å². The van der Waals surface area contributed by atoms with Crippen molar-refractivity contribution in [2.24, 2.45) is 5.73 Å². The van der Waals surface area contributed by atoms with Gasteiger partial charge in [-0.05, 0) is 32.0 Å². The molecule has 0 saturated carbocycles. The van der Waals surface area contributed by atoms with E-state index in [-0.39, 0.29) is 17.9 Å². The molecule has 0 radical (unpaired) electrons. The Morgan fingerprint density at radius 3 is 2.74 bits per heavy atom. The van der Waals surface area contributed by atoms with Crippen molar-refractivity contribution in [3.63, 3.8) is 0 Å². The highest BCUT2D eigenvalue weighted by molar-refractivity contribution is 5.89. The summed E-state index contributed by atoms with van der Waals surface area (Å²) in [7, 11) is 0. The predicted octanol–water partition coefficient (Wildman–Crippen LogP) is 2.39. The summed E-state index contributed by atoms with van der Waals surface area (Å²) in [5, 5.41) is 9.81. The molecule has 104 valence electrons. The molecule has 0 spiro atoms. The van der Waals surface area contributed by atoms with Crippen LogP contribution in [0, 0.1) is 11.2 Å². The molecule has 0 fully saturated rings. The van der Waals surface area contributed by atoms with Gasteiger partial charge in [0.05, 0.1) is 5.84 Å². The molecule has 19 heavy (non-hydrogen) atoms. The summed E-state index contributed by atoms with van der Waals surface area (Å²) in [6.07, 6.45) is 0.314. The fourth-order valence-electron chi connectivity index (χ4n) is 1.60. The molecular weight excluding hydrogens is 247 g/mol. The van der Waals surface area contributed by atoms with Crippen molar-refractivity contribution in [1.29, 1.82) is 5.41 Å². The van der Waals surface area contributed by atoms with E-state index in [0.29, 0.717) is 18.7 Å². The summed E-state index contributed by atoms with van der Waals surface area (Å²) in [4.78, 5) is 13.6. The lowest BCUT2D eigenvalue weighted by atomic mass is 10.2. The zero-order chi connectivity index (χ0) is 14.4. The lowest BCUT2D eigenvalue weighted by Crippen LogP contribution is -2.41. The van der Waals surface area contributed by atoms with Crippen molar-refractivity contribution >= 4 is 17.6 Å². The van der Waals surface area contributed by atoms with Gasteiger partial charge < -0.3 is 16.0 Å². The molecule has 0 aromatic heterocycles. The summed E-state index contributed by atoms with van der Waals surface area (Å²) in [6.45, 7) is 4.09. The molecule has 1 aromatic carbocycles. The summed E-state index contributed by atoms with van der Waals surface area (Å²) >= 11 is 0. The number of carbonyl (C=O) groups is 1. The summed E-state index contributed by atoms with van der Waals surface area (Å²) < 4.78 is 13.0. The maximum atomic E-state index is 13.0. The van der Waals surface area contributed by atoms with Gasteiger partial charge in [-0.15, -0.1) is 0 Å². The van der Waals surface area contributed by atoms with Crippen LogP contribution in [0.3, 0.4) is 0 Å². The van der Waals surface area contributed by atoms with E-state index in [0.717, 1.165) is 0 Å². The minimum atomic E-state index is -0.405. The SMILES string of the molecule is CC(C)N(CCC(=N)N)C(=O)Nc1cccc(F)c1. The Hall–Kier alpha value is -2.11. The normalized spacial score (nSPS) is 10.3. The molecule has 0 aliphatic carbocycles. The van der Waals surface area contributed by atoms with E-state index in [9.17, 15) is 9.18 Å². The minimum absolute atomic E-state index is 0.0317. The summed E-state index contributed by atoms with van der Waals surface area (Å²) in [5.41, 5.74) is 5.69. The van der Waals surface area contributed by atoms with Gasteiger partial charge in [-0.3, -0.25) is 5.41 Å². The number of carbonyl (C=O) groups excluding carboxylic acids is 1. The first-order valence-electron chi connectivity index (χ1n) is 6.06. The number of nitrogens with zero attached hydrogens (tertiary/aromatic N) is 1. The van der Waals surface area contributed by atoms with E-state index in [4.69, 9.17) is 11.1 Å². The van der Waals surface area contributed by atoms with Gasteiger partial charge in [0.15, 0.2) is 0 Å². The molecule has 2 amide bonds. The molecule has 0 aliphatic rings. The van der Waals surface area contributed by atoms with Crippen LogP contribution in [0.25, 0.3) is 0 Å². The largest absolute Gasteiger partial charge is 0.388 e. The van der Waals surface area contributed by atoms with E-state index >= 15 is 0 Å². The van der Waals surface area contributed by atoms with Crippen molar-refractivity contribution in [3.05, 3.63) is 30.1 Å². The lowest BCUT2D eigenvalue weighted by molar-refractivity contribution is 0.199. The quantitative estimate of drug-likeness (QED) is 0.565. The Kier molecular flexibility index (Phi) is 5.29. The van der Waals surface area contributed by atoms with Crippen molar-refractivity contribution < 1.29 is 9.18 Å². The van der Waals surface area contributed by atoms with Crippen LogP contribution in [-0.4, -0.2) is 29.4 Å². The highest BCUT2D eigenvalue weighted by atomic mass is 19.1. The maximum absolute atomic E-state index is 13.0. The zero-order valence-corrected chi connectivity index (χ0v) is 11.1. The van der Waals surface area contributed by atoms with Gasteiger partial charge in [-0.2, -0.15) is 0 Å². The number of rotatable bonds is 5. The second-order valence-electron chi connectivity index (χ2n) is 4.50. The van der Waals surface area contributed by atoms with Crippen LogP contribution >= 0.6 is 0 Å². The molecule has 0 saturated heterocycles. The molecule has 6 heteroatoms. The van der Waals surface area contributed by atoms with E-state index in [1.807, 2.05) is 13.8 Å². The molecular formula is C13H19FN4O. The minimum Gasteiger partial charge on any atom is -0.388 e. The van der Waals surface area contributed by atoms with Crippen LogP contribution < -0.4 is 11.1 Å². The third kappa shape index (κ3) is 4.95. The van der Waals surface area contributed by atoms with Crippen molar-refractivity contribution in [2.45, 2.75) is 26.3 Å². The second kappa shape index (κ2) is 6.72. The van der Waals surface area contributed by atoms with Crippen LogP contribution in [0.15, 0.2) is 24.3 Å². The Morgan fingerprint density at radius 1 is 1.53 bits per heavy atom. The van der Waals surface area contributed by atoms with Crippen LogP contribution in [0.1, 0.15) is 20.3 Å². The molecule has 1 rings (SSSR count). The Balaban J connectivity index is 2.69. The Labute approximate surface area is 112 Å². The number of urea groups is 1. The highest BCUT2D eigenvalue weighted by Crippen LogP contribution is 2.11. The standard InChI is InChI=1S/C13H19FN4O/c1-9(2)18(7-6-12(15)16)13(19)17-11-5-3-4-10(14)8-11/h3-5,8-9H,6-7H2,1-2H3,(H3,15,16)(H,17,19). The Bertz CT molecular complexity index is 462. The molecule has 5 nitrogen and oxygen atoms in total. The van der Waals surface area contributed by atoms with Gasteiger partial charge >= 0.3 is 6.03 Å². The molecule has 0 heterocycles. The fourth-order valence-corrected chi connectivity index (χ4v) is 1.60. The van der Waals surface area contributed by atoms with Gasteiger partial charge in [0.2, 0.25) is 0 Å². The number of halogens is 1. The number of nitrogens with one attached hydrogen (secondary N) is 2. The number of nitrogens with two attached hydrogens (primary N) is 1. The van der Waals surface area contributed by atoms with Crippen molar-refractivity contribution in [2.75, 3.05) is 11.9 Å². The van der Waals surface area contributed by atoms with Gasteiger partial charge in [-0.1, -0.05) is 6.07 Å². The average molecular weight is 266 g/mol. The molecule has 4 N–H and O–H groups in total. The van der Waals surface area contributed by atoms with E-state index in [1.54, 1.807) is 11.0 Å². The fraction of sp³-hybridized carbons (Fsp3) is 0.385. The third-order valence-corrected chi connectivity index (χ3v) is 2.58. The van der Waals surface area contributed by atoms with Crippen molar-refractivity contribution in [3.8, 4) is 0 Å². The van der Waals surface area contributed by atoms with E-state index < -0.39 is 5.82 Å². The van der Waals surface area contributed by atoms with Gasteiger partial charge in [0, 0.05) is 24.7 Å². The second-order valence-corrected chi connectivity index (χ2v) is 4.50. The number of hydrogen-bond donors (Lipinski definition) is 3. The van der Waals surface area contributed by atoms with Crippen molar-refractivity contribution in [1.82, 2.24) is 4.90 Å². The first-order valence-corrected chi connectivity index (χ1v) is 6.06. The van der Waals surface area contributed by atoms with E-state index in [1.165, 1.54) is 18.2 Å². The number of anilines is 1. The van der Waals surface area contributed by atoms with Gasteiger partial charge in [-0.25, -0.2) is 9.18 Å². The first-order chi connectivity index (χ1) is 8.90. The number of hydrogen-bond acceptors (Lipinski definition) is 2. The smallest absolute Gasteiger partial charge is 0.322 e. The number of benzene rings is 1. The zero-order valence-electron chi connectivity index (χ0n) is 11.1. The summed E-state index contributed by atoms with van der Waals surface area (Å²) in [6, 6.07) is 5.34. The maximum Gasteiger partial charge on any atom is 0.322 e. The highest BCUT2D eigenvalue weighted by Gasteiger charge is 2.17. The topological polar surface area (TPSA) is 82.2 Å². The molecule has 0 atom stereocenters. The predicted molar refractivity (Wildman–Crippen MR) is 73.8 cm³/mol. The third-order valence-electron chi connectivity index (χ3n) is 2.58. The van der Waals surface area contributed by atoms with E-state index in [2.05, 4.69) is 5.32 Å². The monoisotopic (exact) mass is 266 g/mol. The first kappa shape index (κ1) is 14.9. The molecule has 0 aliphatic heterocycles. The lowest BCUT2D eigenvalue weighted by Gasteiger charge is -2.26. The number of amidine groups is 1. The molecule has 0 bridgehead atoms. The average Bonchev–Trinajstić information content (AvgIpc) is 2.28. The van der Waals surface area contributed by atoms with Crippen LogP contribution in [0.2, 0.25) is 0 Å². The molecule has 0 unspecified atom stereocenters. The van der Waals surface area contributed by atoms with Crippen LogP contribution in [0.4, 0.5) is 14.9 Å². The Morgan fingerprint density at radius 2 is 2.21 bits per heavy atom. The van der Waals surface area contributed by atoms with Gasteiger partial charge in [0.25, 0.3) is 0 Å². The van der Waals surface area contributed by atoms with Crippen LogP contribution in [-0.2, 0) is 0 Å². The number of amides is 2. The molecule has 1 aromatic rings. The summed E-state index contributed by atoms with van der Waals surface area (Å²) in [5.74, 6) is -0.373.